The zero-order valence-electron chi connectivity index (χ0n) is 23.8. The third kappa shape index (κ3) is 5.13. The molecular formula is C30H31FN6O4. The number of anilines is 1. The number of ether oxygens (including phenoxy) is 2. The van der Waals surface area contributed by atoms with Crippen LogP contribution in [0.15, 0.2) is 47.7 Å². The second-order valence-corrected chi connectivity index (χ2v) is 12.0. The molecule has 1 amide bonds. The summed E-state index contributed by atoms with van der Waals surface area (Å²) < 4.78 is 28.9. The van der Waals surface area contributed by atoms with Gasteiger partial charge in [-0.15, -0.1) is 0 Å². The van der Waals surface area contributed by atoms with E-state index in [1.165, 1.54) is 34.0 Å². The second kappa shape index (κ2) is 10.0. The van der Waals surface area contributed by atoms with Crippen LogP contribution in [0, 0.1) is 22.6 Å². The van der Waals surface area contributed by atoms with Crippen LogP contribution in [0.2, 0.25) is 0 Å². The summed E-state index contributed by atoms with van der Waals surface area (Å²) in [4.78, 5) is 39.8. The first kappa shape index (κ1) is 27.8. The van der Waals surface area contributed by atoms with Crippen molar-refractivity contribution in [3.8, 4) is 22.9 Å². The molecule has 0 radical (unpaired) electrons. The van der Waals surface area contributed by atoms with Crippen LogP contribution in [0.25, 0.3) is 16.8 Å². The Morgan fingerprint density at radius 1 is 1.22 bits per heavy atom. The van der Waals surface area contributed by atoms with Gasteiger partial charge < -0.3 is 14.5 Å². The molecule has 4 heterocycles. The Balaban J connectivity index is 1.83. The maximum Gasteiger partial charge on any atom is 0.417 e. The third-order valence-corrected chi connectivity index (χ3v) is 6.72. The van der Waals surface area contributed by atoms with E-state index in [-0.39, 0.29) is 28.4 Å². The summed E-state index contributed by atoms with van der Waals surface area (Å²) in [6.07, 6.45) is 4.07. The largest absolute Gasteiger partial charge is 0.493 e. The van der Waals surface area contributed by atoms with Crippen LogP contribution in [0.4, 0.5) is 15.1 Å². The van der Waals surface area contributed by atoms with Gasteiger partial charge in [0, 0.05) is 35.5 Å². The van der Waals surface area contributed by atoms with Crippen LogP contribution >= 0.6 is 0 Å². The Morgan fingerprint density at radius 3 is 2.63 bits per heavy atom. The average molecular weight is 559 g/mol. The SMILES string of the molecule is CC(C)(C)OC(=O)N(c1ncc(-c2ccc[nH]c2=O)c2nc(C#N)cn12)C(c1c(F)ccc2c1CCO2)C(C)(C)C. The van der Waals surface area contributed by atoms with Gasteiger partial charge in [-0.3, -0.25) is 9.20 Å². The molecule has 1 aromatic carbocycles. The van der Waals surface area contributed by atoms with Crippen molar-refractivity contribution < 1.29 is 18.7 Å². The highest BCUT2D eigenvalue weighted by molar-refractivity contribution is 5.89. The van der Waals surface area contributed by atoms with Crippen LogP contribution in [0.5, 0.6) is 5.75 Å². The van der Waals surface area contributed by atoms with Gasteiger partial charge in [-0.05, 0) is 50.5 Å². The number of aromatic amines is 1. The molecule has 0 aliphatic carbocycles. The van der Waals surface area contributed by atoms with Gasteiger partial charge in [-0.2, -0.15) is 5.26 Å². The highest BCUT2D eigenvalue weighted by Gasteiger charge is 2.43. The molecule has 5 rings (SSSR count). The molecule has 41 heavy (non-hydrogen) atoms. The third-order valence-electron chi connectivity index (χ3n) is 6.72. The van der Waals surface area contributed by atoms with Crippen molar-refractivity contribution in [2.45, 2.75) is 59.6 Å². The van der Waals surface area contributed by atoms with E-state index in [4.69, 9.17) is 9.47 Å². The van der Waals surface area contributed by atoms with Gasteiger partial charge in [0.25, 0.3) is 5.56 Å². The number of H-pyrrole nitrogens is 1. The van der Waals surface area contributed by atoms with Crippen molar-refractivity contribution in [2.75, 3.05) is 11.5 Å². The number of imidazole rings is 1. The normalized spacial score (nSPS) is 13.8. The van der Waals surface area contributed by atoms with Gasteiger partial charge in [0.2, 0.25) is 5.95 Å². The zero-order valence-corrected chi connectivity index (χ0v) is 23.8. The first-order valence-electron chi connectivity index (χ1n) is 13.2. The number of pyridine rings is 1. The number of nitrogens with one attached hydrogen (secondary N) is 1. The minimum Gasteiger partial charge on any atom is -0.493 e. The van der Waals surface area contributed by atoms with Crippen molar-refractivity contribution in [3.63, 3.8) is 0 Å². The summed E-state index contributed by atoms with van der Waals surface area (Å²) in [6, 6.07) is 7.32. The van der Waals surface area contributed by atoms with Crippen LogP contribution < -0.4 is 15.2 Å². The molecule has 0 saturated heterocycles. The molecule has 212 valence electrons. The minimum atomic E-state index is -0.913. The quantitative estimate of drug-likeness (QED) is 0.348. The Bertz CT molecular complexity index is 1760. The number of carbonyl (C=O) groups is 1. The molecule has 0 saturated carbocycles. The van der Waals surface area contributed by atoms with Crippen molar-refractivity contribution in [1.29, 1.82) is 5.26 Å². The molecule has 1 unspecified atom stereocenters. The summed E-state index contributed by atoms with van der Waals surface area (Å²) in [5.41, 5.74) is -0.109. The van der Waals surface area contributed by atoms with Gasteiger partial charge >= 0.3 is 6.09 Å². The maximum absolute atomic E-state index is 15.9. The van der Waals surface area contributed by atoms with E-state index >= 15 is 4.39 Å². The molecule has 0 spiro atoms. The predicted molar refractivity (Wildman–Crippen MR) is 150 cm³/mol. The highest BCUT2D eigenvalue weighted by Crippen LogP contribution is 2.46. The molecule has 4 aromatic rings. The standard InChI is InChI=1S/C30H31FN6O4/c1-29(2,3)24(23-19-11-13-40-22(19)10-9-21(23)31)37(28(39)41-30(4,5)6)27-34-15-20(18-8-7-12-33-26(18)38)25-35-17(14-32)16-36(25)27/h7-10,12,15-16,24H,11,13H2,1-6H3,(H,33,38). The summed E-state index contributed by atoms with van der Waals surface area (Å²) in [7, 11) is 0. The fourth-order valence-corrected chi connectivity index (χ4v) is 5.15. The van der Waals surface area contributed by atoms with E-state index in [1.54, 1.807) is 39.0 Å². The van der Waals surface area contributed by atoms with Crippen molar-refractivity contribution >= 4 is 17.7 Å². The van der Waals surface area contributed by atoms with E-state index in [0.717, 1.165) is 0 Å². The molecule has 0 bridgehead atoms. The summed E-state index contributed by atoms with van der Waals surface area (Å²) >= 11 is 0. The predicted octanol–water partition coefficient (Wildman–Crippen LogP) is 5.56. The monoisotopic (exact) mass is 558 g/mol. The fourth-order valence-electron chi connectivity index (χ4n) is 5.15. The molecule has 0 fully saturated rings. The van der Waals surface area contributed by atoms with Gasteiger partial charge in [-0.1, -0.05) is 20.8 Å². The molecule has 10 nitrogen and oxygen atoms in total. The Labute approximate surface area is 236 Å². The molecule has 1 aliphatic rings. The molecule has 1 aliphatic heterocycles. The average Bonchev–Trinajstić information content (AvgIpc) is 3.54. The van der Waals surface area contributed by atoms with E-state index in [2.05, 4.69) is 15.0 Å². The Kier molecular flexibility index (Phi) is 6.81. The zero-order chi connectivity index (χ0) is 29.7. The lowest BCUT2D eigenvalue weighted by Crippen LogP contribution is -2.46. The Morgan fingerprint density at radius 2 is 1.98 bits per heavy atom. The number of halogens is 1. The lowest BCUT2D eigenvalue weighted by Gasteiger charge is -2.41. The molecule has 1 N–H and O–H groups in total. The van der Waals surface area contributed by atoms with Crippen LogP contribution in [-0.2, 0) is 11.2 Å². The van der Waals surface area contributed by atoms with Gasteiger partial charge in [0.05, 0.1) is 24.4 Å². The van der Waals surface area contributed by atoms with E-state index in [9.17, 15) is 14.9 Å². The number of amides is 1. The molecule has 1 atom stereocenters. The van der Waals surface area contributed by atoms with Gasteiger partial charge in [0.1, 0.15) is 23.2 Å². The van der Waals surface area contributed by atoms with Crippen LogP contribution in [0.3, 0.4) is 0 Å². The number of hydrogen-bond donors (Lipinski definition) is 1. The molecular weight excluding hydrogens is 527 g/mol. The van der Waals surface area contributed by atoms with Crippen LogP contribution in [-0.4, -0.2) is 37.7 Å². The topological polar surface area (TPSA) is 126 Å². The van der Waals surface area contributed by atoms with Crippen LogP contribution in [0.1, 0.15) is 64.4 Å². The summed E-state index contributed by atoms with van der Waals surface area (Å²) in [5.74, 6) is 0.121. The van der Waals surface area contributed by atoms with E-state index in [0.29, 0.717) is 35.5 Å². The lowest BCUT2D eigenvalue weighted by molar-refractivity contribution is 0.0533. The van der Waals surface area contributed by atoms with E-state index < -0.39 is 29.0 Å². The lowest BCUT2D eigenvalue weighted by atomic mass is 9.79. The summed E-state index contributed by atoms with van der Waals surface area (Å²) in [6.45, 7) is 11.3. The number of nitriles is 1. The minimum absolute atomic E-state index is 0.0458. The maximum atomic E-state index is 15.9. The number of nitrogens with zero attached hydrogens (tertiary/aromatic N) is 5. The molecule has 3 aromatic heterocycles. The van der Waals surface area contributed by atoms with Crippen molar-refractivity contribution in [1.82, 2.24) is 19.4 Å². The van der Waals surface area contributed by atoms with Crippen molar-refractivity contribution in [3.05, 3.63) is 75.8 Å². The number of carbonyl (C=O) groups excluding carboxylic acids is 1. The second-order valence-electron chi connectivity index (χ2n) is 12.0. The summed E-state index contributed by atoms with van der Waals surface area (Å²) in [5, 5.41) is 9.72. The number of fused-ring (bicyclic) bond motifs is 2. The van der Waals surface area contributed by atoms with E-state index in [1.807, 2.05) is 26.8 Å². The van der Waals surface area contributed by atoms with Crippen molar-refractivity contribution in [2.24, 2.45) is 5.41 Å². The number of benzene rings is 1. The highest BCUT2D eigenvalue weighted by atomic mass is 19.1. The first-order chi connectivity index (χ1) is 19.3. The molecule has 11 heteroatoms. The Hall–Kier alpha value is -4.72. The smallest absolute Gasteiger partial charge is 0.417 e. The number of aromatic nitrogens is 4. The van der Waals surface area contributed by atoms with Gasteiger partial charge in [0.15, 0.2) is 11.3 Å². The fraction of sp³-hybridized carbons (Fsp3) is 0.367. The number of hydrogen-bond acceptors (Lipinski definition) is 7. The van der Waals surface area contributed by atoms with Gasteiger partial charge in [-0.25, -0.2) is 24.1 Å². The number of rotatable bonds is 4. The first-order valence-corrected chi connectivity index (χ1v) is 13.2.